The molecular formula is C19H27N5O8S. The van der Waals surface area contributed by atoms with Crippen LogP contribution in [0.25, 0.3) is 11.2 Å². The van der Waals surface area contributed by atoms with Gasteiger partial charge in [-0.1, -0.05) is 6.92 Å². The van der Waals surface area contributed by atoms with E-state index in [1.54, 1.807) is 0 Å². The third-order valence-corrected chi connectivity index (χ3v) is 6.14. The predicted octanol–water partition coefficient (Wildman–Crippen LogP) is -0.219. The van der Waals surface area contributed by atoms with E-state index in [9.17, 15) is 22.8 Å². The smallest absolute Gasteiger partial charge is 0.332 e. The van der Waals surface area contributed by atoms with Gasteiger partial charge in [-0.25, -0.2) is 22.8 Å². The second-order valence-corrected chi connectivity index (χ2v) is 10.1. The van der Waals surface area contributed by atoms with Crippen molar-refractivity contribution in [3.63, 3.8) is 0 Å². The highest BCUT2D eigenvalue weighted by atomic mass is 32.2. The van der Waals surface area contributed by atoms with Crippen LogP contribution in [0.5, 0.6) is 0 Å². The van der Waals surface area contributed by atoms with Crippen LogP contribution in [0.3, 0.4) is 0 Å². The van der Waals surface area contributed by atoms with Gasteiger partial charge in [-0.05, 0) is 6.42 Å². The second kappa shape index (κ2) is 9.47. The summed E-state index contributed by atoms with van der Waals surface area (Å²) in [6.07, 6.45) is -0.296. The number of nitrogens with two attached hydrogens (primary N) is 1. The van der Waals surface area contributed by atoms with Gasteiger partial charge in [-0.3, -0.25) is 14.2 Å². The van der Waals surface area contributed by atoms with Crippen molar-refractivity contribution < 1.29 is 32.2 Å². The molecule has 4 atom stereocenters. The number of sulfone groups is 1. The van der Waals surface area contributed by atoms with E-state index in [2.05, 4.69) is 9.97 Å². The van der Waals surface area contributed by atoms with E-state index < -0.39 is 52.0 Å². The van der Waals surface area contributed by atoms with Gasteiger partial charge in [0.15, 0.2) is 11.9 Å². The lowest BCUT2D eigenvalue weighted by molar-refractivity contribution is -0.158. The Morgan fingerprint density at radius 2 is 2.03 bits per heavy atom. The summed E-state index contributed by atoms with van der Waals surface area (Å²) < 4.78 is 42.6. The first-order valence-electron chi connectivity index (χ1n) is 10.3. The van der Waals surface area contributed by atoms with Crippen LogP contribution < -0.4 is 11.4 Å². The number of nitrogen functional groups attached to an aromatic ring is 1. The zero-order chi connectivity index (χ0) is 24.5. The first-order chi connectivity index (χ1) is 15.4. The lowest BCUT2D eigenvalue weighted by atomic mass is 10.1. The number of anilines is 1. The molecule has 1 fully saturated rings. The van der Waals surface area contributed by atoms with Crippen molar-refractivity contribution in [2.45, 2.75) is 64.7 Å². The molecule has 33 heavy (non-hydrogen) atoms. The largest absolute Gasteiger partial charge is 0.460 e. The van der Waals surface area contributed by atoms with Crippen LogP contribution in [-0.2, 0) is 40.2 Å². The number of imidazole rings is 1. The SMILES string of the molecule is CC[C@H](OC(C)=O)[C@@H]1C[C@@H](OC(C)=O)[C@H](n2c(=O)n(CCS(C)(=O)=O)c3cnc(N)nc32)O1. The number of carbonyl (C=O) groups is 2. The van der Waals surface area contributed by atoms with Crippen LogP contribution in [-0.4, -0.2) is 69.8 Å². The Kier molecular flexibility index (Phi) is 7.07. The van der Waals surface area contributed by atoms with Crippen LogP contribution in [0.4, 0.5) is 5.95 Å². The van der Waals surface area contributed by atoms with Crippen molar-refractivity contribution in [1.82, 2.24) is 19.1 Å². The van der Waals surface area contributed by atoms with Crippen LogP contribution in [0, 0.1) is 0 Å². The molecule has 14 heteroatoms. The van der Waals surface area contributed by atoms with Crippen molar-refractivity contribution >= 4 is 38.9 Å². The number of carbonyl (C=O) groups excluding carboxylic acids is 2. The Balaban J connectivity index is 2.10. The van der Waals surface area contributed by atoms with Crippen molar-refractivity contribution in [3.05, 3.63) is 16.7 Å². The topological polar surface area (TPSA) is 175 Å². The Morgan fingerprint density at radius 3 is 2.61 bits per heavy atom. The molecule has 13 nitrogen and oxygen atoms in total. The van der Waals surface area contributed by atoms with Crippen LogP contribution in [0.2, 0.25) is 0 Å². The van der Waals surface area contributed by atoms with Crippen LogP contribution >= 0.6 is 0 Å². The minimum Gasteiger partial charge on any atom is -0.460 e. The quantitative estimate of drug-likeness (QED) is 0.489. The molecular weight excluding hydrogens is 458 g/mol. The van der Waals surface area contributed by atoms with Gasteiger partial charge in [0.1, 0.15) is 33.7 Å². The van der Waals surface area contributed by atoms with E-state index in [4.69, 9.17) is 19.9 Å². The number of nitrogens with zero attached hydrogens (tertiary/aromatic N) is 4. The molecule has 0 saturated carbocycles. The molecule has 0 radical (unpaired) electrons. The number of hydrogen-bond acceptors (Lipinski definition) is 11. The fraction of sp³-hybridized carbons (Fsp3) is 0.632. The Morgan fingerprint density at radius 1 is 1.33 bits per heavy atom. The van der Waals surface area contributed by atoms with Gasteiger partial charge in [0.25, 0.3) is 0 Å². The average Bonchev–Trinajstić information content (AvgIpc) is 3.20. The molecule has 3 heterocycles. The summed E-state index contributed by atoms with van der Waals surface area (Å²) in [5.41, 5.74) is 5.46. The summed E-state index contributed by atoms with van der Waals surface area (Å²) in [4.78, 5) is 44.7. The number of ether oxygens (including phenoxy) is 3. The summed E-state index contributed by atoms with van der Waals surface area (Å²) in [6, 6.07) is 0. The molecule has 0 bridgehead atoms. The van der Waals surface area contributed by atoms with E-state index in [0.717, 1.165) is 6.26 Å². The standard InChI is InChI=1S/C19H27N5O8S/c1-5-13(30-10(2)25)14-8-15(31-11(3)26)17(32-14)24-16-12(9-21-18(20)22-16)23(19(24)27)6-7-33(4,28)29/h9,13-15,17H,5-8H2,1-4H3,(H2,20,21,22)/t13-,14-,15+,17+/m0/s1. The number of fused-ring (bicyclic) bond motifs is 1. The number of hydrogen-bond donors (Lipinski definition) is 1. The zero-order valence-electron chi connectivity index (χ0n) is 18.8. The van der Waals surface area contributed by atoms with Gasteiger partial charge in [0.05, 0.1) is 11.9 Å². The van der Waals surface area contributed by atoms with Gasteiger partial charge in [-0.2, -0.15) is 4.98 Å². The molecule has 0 aliphatic carbocycles. The van der Waals surface area contributed by atoms with E-state index in [0.29, 0.717) is 6.42 Å². The molecule has 0 spiro atoms. The normalized spacial score (nSPS) is 21.8. The molecule has 0 aromatic carbocycles. The maximum Gasteiger partial charge on any atom is 0.332 e. The van der Waals surface area contributed by atoms with Crippen molar-refractivity contribution in [3.8, 4) is 0 Å². The number of aryl methyl sites for hydroxylation is 1. The molecule has 3 rings (SSSR count). The van der Waals surface area contributed by atoms with Gasteiger partial charge < -0.3 is 19.9 Å². The van der Waals surface area contributed by atoms with E-state index in [1.165, 1.54) is 29.2 Å². The second-order valence-electron chi connectivity index (χ2n) is 7.88. The molecule has 182 valence electrons. The van der Waals surface area contributed by atoms with Gasteiger partial charge >= 0.3 is 17.6 Å². The van der Waals surface area contributed by atoms with Crippen LogP contribution in [0.1, 0.15) is 39.8 Å². The summed E-state index contributed by atoms with van der Waals surface area (Å²) in [5, 5.41) is 0. The maximum atomic E-state index is 13.4. The van der Waals surface area contributed by atoms with Gasteiger partial charge in [-0.15, -0.1) is 0 Å². The lowest BCUT2D eigenvalue weighted by Crippen LogP contribution is -2.34. The monoisotopic (exact) mass is 485 g/mol. The fourth-order valence-electron chi connectivity index (χ4n) is 3.86. The van der Waals surface area contributed by atoms with E-state index in [-0.39, 0.29) is 35.8 Å². The van der Waals surface area contributed by atoms with Crippen molar-refractivity contribution in [2.24, 2.45) is 0 Å². The highest BCUT2D eigenvalue weighted by Gasteiger charge is 2.44. The Bertz CT molecular complexity index is 1220. The van der Waals surface area contributed by atoms with Crippen molar-refractivity contribution in [1.29, 1.82) is 0 Å². The maximum absolute atomic E-state index is 13.4. The van der Waals surface area contributed by atoms with E-state index >= 15 is 0 Å². The number of esters is 2. The minimum atomic E-state index is -3.37. The molecule has 1 saturated heterocycles. The summed E-state index contributed by atoms with van der Waals surface area (Å²) >= 11 is 0. The highest BCUT2D eigenvalue weighted by molar-refractivity contribution is 7.90. The summed E-state index contributed by atoms with van der Waals surface area (Å²) in [7, 11) is -3.37. The van der Waals surface area contributed by atoms with Gasteiger partial charge in [0.2, 0.25) is 5.95 Å². The van der Waals surface area contributed by atoms with Crippen molar-refractivity contribution in [2.75, 3.05) is 17.7 Å². The molecule has 0 amide bonds. The zero-order valence-corrected chi connectivity index (χ0v) is 19.6. The molecule has 0 unspecified atom stereocenters. The third kappa shape index (κ3) is 5.50. The predicted molar refractivity (Wildman–Crippen MR) is 116 cm³/mol. The lowest BCUT2D eigenvalue weighted by Gasteiger charge is -2.22. The molecule has 1 aliphatic heterocycles. The summed E-state index contributed by atoms with van der Waals surface area (Å²) in [6.45, 7) is 4.17. The third-order valence-electron chi connectivity index (χ3n) is 5.21. The Hall–Kier alpha value is -3.00. The Labute approximate surface area is 189 Å². The number of rotatable bonds is 8. The molecule has 1 aliphatic rings. The average molecular weight is 486 g/mol. The summed E-state index contributed by atoms with van der Waals surface area (Å²) in [5.74, 6) is -1.48. The van der Waals surface area contributed by atoms with Crippen LogP contribution in [0.15, 0.2) is 11.0 Å². The number of aromatic nitrogens is 4. The first-order valence-corrected chi connectivity index (χ1v) is 12.4. The minimum absolute atomic E-state index is 0.101. The highest BCUT2D eigenvalue weighted by Crippen LogP contribution is 2.35. The van der Waals surface area contributed by atoms with E-state index in [1.807, 2.05) is 6.92 Å². The molecule has 2 aromatic rings. The fourth-order valence-corrected chi connectivity index (χ4v) is 4.38. The molecule has 2 N–H and O–H groups in total. The van der Waals surface area contributed by atoms with Gasteiger partial charge in [0, 0.05) is 33.1 Å². The first kappa shape index (κ1) is 24.6. The molecule has 2 aromatic heterocycles.